The number of amides is 1. The fourth-order valence-corrected chi connectivity index (χ4v) is 6.27. The zero-order valence-electron chi connectivity index (χ0n) is 23.7. The highest BCUT2D eigenvalue weighted by Gasteiger charge is 2.33. The van der Waals surface area contributed by atoms with E-state index in [2.05, 4.69) is 34.3 Å². The maximum absolute atomic E-state index is 11.7. The Bertz CT molecular complexity index is 1580. The first-order valence-corrected chi connectivity index (χ1v) is 13.9. The minimum absolute atomic E-state index is 0.0992. The number of rotatable bonds is 6. The Balaban J connectivity index is 1.46. The summed E-state index contributed by atoms with van der Waals surface area (Å²) in [7, 11) is 3.52. The maximum atomic E-state index is 11.7. The van der Waals surface area contributed by atoms with Crippen LogP contribution in [0.3, 0.4) is 0 Å². The Morgan fingerprint density at radius 2 is 1.88 bits per heavy atom. The van der Waals surface area contributed by atoms with Crippen molar-refractivity contribution >= 4 is 33.6 Å². The molecule has 6 rings (SSSR count). The molecule has 4 aromatic rings. The van der Waals surface area contributed by atoms with Crippen molar-refractivity contribution in [1.29, 1.82) is 0 Å². The monoisotopic (exact) mass is 544 g/mol. The lowest BCUT2D eigenvalue weighted by molar-refractivity contribution is 0.0511. The van der Waals surface area contributed by atoms with Gasteiger partial charge in [0.2, 0.25) is 0 Å². The summed E-state index contributed by atoms with van der Waals surface area (Å²) in [6.45, 7) is 7.35. The Morgan fingerprint density at radius 1 is 1.12 bits per heavy atom. The number of ether oxygens (including phenoxy) is 2. The number of aromatic nitrogens is 4. The Kier molecular flexibility index (Phi) is 6.74. The quantitative estimate of drug-likeness (QED) is 0.325. The van der Waals surface area contributed by atoms with Crippen molar-refractivity contribution in [2.24, 2.45) is 7.05 Å². The minimum Gasteiger partial charge on any atom is -0.466 e. The smallest absolute Gasteiger partial charge is 0.407 e. The van der Waals surface area contributed by atoms with Gasteiger partial charge in [-0.1, -0.05) is 6.42 Å². The third kappa shape index (κ3) is 4.50. The number of benzene rings is 2. The average Bonchev–Trinajstić information content (AvgIpc) is 3.26. The average molecular weight is 545 g/mol. The molecule has 2 fully saturated rings. The molecule has 0 radical (unpaired) electrons. The van der Waals surface area contributed by atoms with Crippen LogP contribution in [0, 0.1) is 6.92 Å². The number of methoxy groups -OCH3 is 1. The Morgan fingerprint density at radius 3 is 2.52 bits per heavy atom. The molecule has 1 saturated heterocycles. The first kappa shape index (κ1) is 26.3. The van der Waals surface area contributed by atoms with Gasteiger partial charge in [0.05, 0.1) is 34.4 Å². The van der Waals surface area contributed by atoms with Gasteiger partial charge in [-0.05, 0) is 57.9 Å². The number of nitrogens with zero attached hydrogens (tertiary/aromatic N) is 6. The zero-order chi connectivity index (χ0) is 28.1. The van der Waals surface area contributed by atoms with Crippen molar-refractivity contribution in [3.05, 3.63) is 41.7 Å². The lowest BCUT2D eigenvalue weighted by Crippen LogP contribution is -2.58. The van der Waals surface area contributed by atoms with Crippen LogP contribution < -0.4 is 9.64 Å². The van der Waals surface area contributed by atoms with Crippen LogP contribution in [0.5, 0.6) is 5.75 Å². The molecule has 210 valence electrons. The molecule has 1 aliphatic carbocycles. The van der Waals surface area contributed by atoms with Gasteiger partial charge in [-0.3, -0.25) is 9.58 Å². The van der Waals surface area contributed by atoms with Crippen molar-refractivity contribution < 1.29 is 19.4 Å². The van der Waals surface area contributed by atoms with E-state index in [1.165, 1.54) is 6.42 Å². The van der Waals surface area contributed by atoms with Crippen LogP contribution in [0.25, 0.3) is 33.2 Å². The highest BCUT2D eigenvalue weighted by atomic mass is 16.7. The molecule has 10 heteroatoms. The molecular formula is C30H36N6O4. The van der Waals surface area contributed by atoms with Crippen LogP contribution >= 0.6 is 0 Å². The molecule has 1 aliphatic heterocycles. The molecule has 1 N–H and O–H groups in total. The van der Waals surface area contributed by atoms with Gasteiger partial charge in [0, 0.05) is 61.4 Å². The molecule has 0 unspecified atom stereocenters. The summed E-state index contributed by atoms with van der Waals surface area (Å²) in [4.78, 5) is 25.8. The number of hydrogen-bond acceptors (Lipinski definition) is 7. The summed E-state index contributed by atoms with van der Waals surface area (Å²) in [5, 5.41) is 16.3. The number of piperazine rings is 1. The molecule has 1 amide bonds. The fourth-order valence-electron chi connectivity index (χ4n) is 6.27. The molecule has 2 aromatic heterocycles. The molecular weight excluding hydrogens is 508 g/mol. The van der Waals surface area contributed by atoms with Gasteiger partial charge < -0.3 is 19.5 Å². The third-order valence-corrected chi connectivity index (χ3v) is 8.37. The molecule has 2 atom stereocenters. The third-order valence-electron chi connectivity index (χ3n) is 8.37. The number of fused-ring (bicyclic) bond motifs is 2. The summed E-state index contributed by atoms with van der Waals surface area (Å²) in [6, 6.07) is 8.22. The van der Waals surface area contributed by atoms with Crippen molar-refractivity contribution in [3.63, 3.8) is 0 Å². The van der Waals surface area contributed by atoms with Gasteiger partial charge in [0.15, 0.2) is 12.6 Å². The van der Waals surface area contributed by atoms with Crippen molar-refractivity contribution in [1.82, 2.24) is 24.6 Å². The summed E-state index contributed by atoms with van der Waals surface area (Å²) in [6.07, 6.45) is 4.54. The van der Waals surface area contributed by atoms with Crippen molar-refractivity contribution in [2.45, 2.75) is 58.0 Å². The van der Waals surface area contributed by atoms with Gasteiger partial charge >= 0.3 is 6.09 Å². The van der Waals surface area contributed by atoms with Crippen LogP contribution in [-0.2, 0) is 11.8 Å². The van der Waals surface area contributed by atoms with Gasteiger partial charge in [-0.15, -0.1) is 0 Å². The van der Waals surface area contributed by atoms with Gasteiger partial charge in [-0.2, -0.15) is 5.10 Å². The maximum Gasteiger partial charge on any atom is 0.407 e. The van der Waals surface area contributed by atoms with E-state index in [4.69, 9.17) is 19.4 Å². The van der Waals surface area contributed by atoms with E-state index in [9.17, 15) is 9.90 Å². The first-order valence-electron chi connectivity index (χ1n) is 13.9. The summed E-state index contributed by atoms with van der Waals surface area (Å²) in [5.74, 6) is 1.70. The highest BCUT2D eigenvalue weighted by Crippen LogP contribution is 2.42. The van der Waals surface area contributed by atoms with Crippen LogP contribution in [0.2, 0.25) is 0 Å². The predicted molar refractivity (Wildman–Crippen MR) is 154 cm³/mol. The largest absolute Gasteiger partial charge is 0.466 e. The SMILES string of the molecule is COCOc1c(-c2nc(C3CCC3)c3cc(N4C[C@H](C)N(C(=O)O)[C@@H](C)C4)ccc3n2)cc2cn(C)nc2c1C. The van der Waals surface area contributed by atoms with Gasteiger partial charge in [-0.25, -0.2) is 14.8 Å². The Labute approximate surface area is 233 Å². The van der Waals surface area contributed by atoms with Crippen LogP contribution in [0.1, 0.15) is 50.3 Å². The van der Waals surface area contributed by atoms with E-state index in [1.807, 2.05) is 38.7 Å². The standard InChI is InChI=1S/C30H36N6O4/c1-17-13-35(14-18(2)36(17)30(37)38)22-9-10-25-23(12-22)27(20-7-6-8-20)32-29(31-25)24-11-21-15-34(4)33-26(21)19(3)28(24)40-16-39-5/h9-12,15,17-18,20H,6-8,13-14,16H2,1-5H3,(H,37,38)/t17-,18-/m0/s1. The molecule has 2 aliphatic rings. The van der Waals surface area contributed by atoms with Gasteiger partial charge in [0.1, 0.15) is 5.75 Å². The van der Waals surface area contributed by atoms with E-state index in [-0.39, 0.29) is 18.9 Å². The predicted octanol–water partition coefficient (Wildman–Crippen LogP) is 5.32. The number of hydrogen-bond donors (Lipinski definition) is 1. The molecule has 0 spiro atoms. The highest BCUT2D eigenvalue weighted by molar-refractivity contribution is 5.92. The van der Waals surface area contributed by atoms with Gasteiger partial charge in [0.25, 0.3) is 0 Å². The second-order valence-electron chi connectivity index (χ2n) is 11.2. The van der Waals surface area contributed by atoms with Crippen molar-refractivity contribution in [2.75, 3.05) is 31.9 Å². The summed E-state index contributed by atoms with van der Waals surface area (Å²) in [5.41, 5.74) is 5.67. The van der Waals surface area contributed by atoms with E-state index < -0.39 is 6.09 Å². The minimum atomic E-state index is -0.861. The van der Waals surface area contributed by atoms with Crippen LogP contribution in [0.15, 0.2) is 30.5 Å². The molecule has 1 saturated carbocycles. The summed E-state index contributed by atoms with van der Waals surface area (Å²) >= 11 is 0. The normalized spacial score (nSPS) is 19.8. The second-order valence-corrected chi connectivity index (χ2v) is 11.2. The van der Waals surface area contributed by atoms with E-state index in [1.54, 1.807) is 12.0 Å². The number of carbonyl (C=O) groups is 1. The number of anilines is 1. The molecule has 2 aromatic carbocycles. The number of aryl methyl sites for hydroxylation is 2. The lowest BCUT2D eigenvalue weighted by atomic mass is 9.81. The topological polar surface area (TPSA) is 106 Å². The van der Waals surface area contributed by atoms with E-state index in [0.29, 0.717) is 30.6 Å². The lowest BCUT2D eigenvalue weighted by Gasteiger charge is -2.44. The zero-order valence-corrected chi connectivity index (χ0v) is 23.7. The first-order chi connectivity index (χ1) is 19.2. The molecule has 0 bridgehead atoms. The molecule has 10 nitrogen and oxygen atoms in total. The van der Waals surface area contributed by atoms with Crippen LogP contribution in [0.4, 0.5) is 10.5 Å². The molecule has 40 heavy (non-hydrogen) atoms. The van der Waals surface area contributed by atoms with Crippen molar-refractivity contribution in [3.8, 4) is 17.1 Å². The second kappa shape index (κ2) is 10.2. The number of carboxylic acid groups (broad SMARTS) is 1. The Hall–Kier alpha value is -3.92. The van der Waals surface area contributed by atoms with E-state index >= 15 is 0 Å². The molecule has 3 heterocycles. The van der Waals surface area contributed by atoms with Crippen LogP contribution in [-0.4, -0.2) is 74.9 Å². The van der Waals surface area contributed by atoms with E-state index in [0.717, 1.165) is 57.2 Å². The fraction of sp³-hybridized carbons (Fsp3) is 0.467. The summed E-state index contributed by atoms with van der Waals surface area (Å²) < 4.78 is 13.1.